The number of benzene rings is 4. The SMILES string of the molecule is C=C(COC(CCC)(CCC(C)Cc1cccc(C#N)c1)c1ccc(-c2cccc(C)c2)cc1)Nc1cc(C)cc(C)c1. The number of anilines is 1. The van der Waals surface area contributed by atoms with Gasteiger partial charge in [0.2, 0.25) is 0 Å². The first-order valence-electron chi connectivity index (χ1n) is 15.5. The summed E-state index contributed by atoms with van der Waals surface area (Å²) in [6, 6.07) is 34.4. The van der Waals surface area contributed by atoms with Crippen LogP contribution < -0.4 is 5.32 Å². The van der Waals surface area contributed by atoms with E-state index in [2.05, 4.69) is 125 Å². The van der Waals surface area contributed by atoms with Gasteiger partial charge in [-0.25, -0.2) is 0 Å². The summed E-state index contributed by atoms with van der Waals surface area (Å²) in [6.07, 6.45) is 4.78. The van der Waals surface area contributed by atoms with Gasteiger partial charge in [-0.05, 0) is 110 Å². The first kappa shape index (κ1) is 31.8. The molecule has 3 nitrogen and oxygen atoms in total. The van der Waals surface area contributed by atoms with Crippen molar-refractivity contribution >= 4 is 5.69 Å². The molecule has 0 saturated carbocycles. The van der Waals surface area contributed by atoms with Crippen molar-refractivity contribution in [2.45, 2.75) is 72.3 Å². The van der Waals surface area contributed by atoms with Crippen molar-refractivity contribution in [2.75, 3.05) is 11.9 Å². The van der Waals surface area contributed by atoms with Crippen LogP contribution in [0.1, 0.15) is 72.9 Å². The summed E-state index contributed by atoms with van der Waals surface area (Å²) in [6.45, 7) is 15.7. The summed E-state index contributed by atoms with van der Waals surface area (Å²) in [5.74, 6) is 0.442. The highest BCUT2D eigenvalue weighted by molar-refractivity contribution is 5.64. The van der Waals surface area contributed by atoms with E-state index in [-0.39, 0.29) is 0 Å². The molecule has 4 aromatic carbocycles. The minimum Gasteiger partial charge on any atom is -0.364 e. The molecule has 0 aliphatic heterocycles. The second-order valence-corrected chi connectivity index (χ2v) is 12.2. The average molecular weight is 571 g/mol. The number of nitrogens with one attached hydrogen (secondary N) is 1. The summed E-state index contributed by atoms with van der Waals surface area (Å²) in [5.41, 5.74) is 10.7. The molecule has 2 unspecified atom stereocenters. The number of rotatable bonds is 14. The van der Waals surface area contributed by atoms with Crippen LogP contribution in [0.2, 0.25) is 0 Å². The third-order valence-corrected chi connectivity index (χ3v) is 8.16. The number of nitrogens with zero attached hydrogens (tertiary/aromatic N) is 1. The van der Waals surface area contributed by atoms with Gasteiger partial charge in [-0.15, -0.1) is 0 Å². The molecule has 0 aliphatic rings. The van der Waals surface area contributed by atoms with Gasteiger partial charge in [0.15, 0.2) is 0 Å². The third kappa shape index (κ3) is 8.93. The van der Waals surface area contributed by atoms with Gasteiger partial charge in [0.05, 0.1) is 23.8 Å². The van der Waals surface area contributed by atoms with Gasteiger partial charge in [-0.3, -0.25) is 0 Å². The van der Waals surface area contributed by atoms with E-state index in [0.717, 1.165) is 49.1 Å². The smallest absolute Gasteiger partial charge is 0.0991 e. The van der Waals surface area contributed by atoms with Crippen molar-refractivity contribution in [1.82, 2.24) is 0 Å². The van der Waals surface area contributed by atoms with Gasteiger partial charge in [0, 0.05) is 11.4 Å². The van der Waals surface area contributed by atoms with E-state index in [1.807, 2.05) is 18.2 Å². The lowest BCUT2D eigenvalue weighted by Crippen LogP contribution is -2.32. The highest BCUT2D eigenvalue weighted by atomic mass is 16.5. The Labute approximate surface area is 259 Å². The molecule has 0 fully saturated rings. The zero-order valence-electron chi connectivity index (χ0n) is 26.5. The van der Waals surface area contributed by atoms with Gasteiger partial charge in [0.25, 0.3) is 0 Å². The number of aryl methyl sites for hydroxylation is 3. The van der Waals surface area contributed by atoms with Crippen molar-refractivity contribution < 1.29 is 4.74 Å². The van der Waals surface area contributed by atoms with E-state index < -0.39 is 5.60 Å². The maximum Gasteiger partial charge on any atom is 0.0991 e. The largest absolute Gasteiger partial charge is 0.364 e. The molecule has 222 valence electrons. The van der Waals surface area contributed by atoms with Crippen LogP contribution in [0, 0.1) is 38.0 Å². The van der Waals surface area contributed by atoms with Crippen LogP contribution in [0.5, 0.6) is 0 Å². The average Bonchev–Trinajstić information content (AvgIpc) is 2.98. The maximum absolute atomic E-state index is 9.34. The third-order valence-electron chi connectivity index (χ3n) is 8.16. The van der Waals surface area contributed by atoms with Crippen LogP contribution in [0.3, 0.4) is 0 Å². The second kappa shape index (κ2) is 14.9. The van der Waals surface area contributed by atoms with E-state index in [9.17, 15) is 5.26 Å². The number of nitriles is 1. The standard InChI is InChI=1S/C40H46N2O/c1-7-19-40(20-18-30(3)22-34-11-9-12-35(26-34)27-41,43-28-33(6)42-39-24-31(4)21-32(5)25-39)38-16-14-36(15-17-38)37-13-8-10-29(2)23-37/h8-17,21,23-26,30,42H,6-7,18-20,22,28H2,1-5H3. The van der Waals surface area contributed by atoms with E-state index in [1.165, 1.54) is 38.9 Å². The molecular weight excluding hydrogens is 524 g/mol. The normalized spacial score (nSPS) is 13.1. The van der Waals surface area contributed by atoms with Gasteiger partial charge >= 0.3 is 0 Å². The summed E-state index contributed by atoms with van der Waals surface area (Å²) < 4.78 is 6.95. The molecule has 0 bridgehead atoms. The molecule has 0 aromatic heterocycles. The summed E-state index contributed by atoms with van der Waals surface area (Å²) in [4.78, 5) is 0. The first-order chi connectivity index (χ1) is 20.7. The van der Waals surface area contributed by atoms with Crippen LogP contribution in [-0.4, -0.2) is 6.61 Å². The minimum absolute atomic E-state index is 0.422. The molecule has 1 N–H and O–H groups in total. The number of hydrogen-bond donors (Lipinski definition) is 1. The molecular formula is C40H46N2O. The van der Waals surface area contributed by atoms with E-state index >= 15 is 0 Å². The molecule has 3 heteroatoms. The lowest BCUT2D eigenvalue weighted by atomic mass is 9.81. The second-order valence-electron chi connectivity index (χ2n) is 12.2. The lowest BCUT2D eigenvalue weighted by Gasteiger charge is -2.36. The quantitative estimate of drug-likeness (QED) is 0.164. The lowest BCUT2D eigenvalue weighted by molar-refractivity contribution is -0.0563. The van der Waals surface area contributed by atoms with Crippen LogP contribution >= 0.6 is 0 Å². The molecule has 0 radical (unpaired) electrons. The first-order valence-corrected chi connectivity index (χ1v) is 15.5. The zero-order chi connectivity index (χ0) is 30.8. The summed E-state index contributed by atoms with van der Waals surface area (Å²) in [5, 5.41) is 12.8. The molecule has 0 amide bonds. The Hall–Kier alpha value is -4.13. The Balaban J connectivity index is 1.57. The molecule has 43 heavy (non-hydrogen) atoms. The number of hydrogen-bond acceptors (Lipinski definition) is 3. The van der Waals surface area contributed by atoms with Crippen molar-refractivity contribution in [1.29, 1.82) is 5.26 Å². The highest BCUT2D eigenvalue weighted by Crippen LogP contribution is 2.39. The summed E-state index contributed by atoms with van der Waals surface area (Å²) in [7, 11) is 0. The molecule has 0 heterocycles. The van der Waals surface area contributed by atoms with E-state index in [1.54, 1.807) is 0 Å². The molecule has 4 rings (SSSR count). The fourth-order valence-corrected chi connectivity index (χ4v) is 6.10. The fraction of sp³-hybridized carbons (Fsp3) is 0.325. The highest BCUT2D eigenvalue weighted by Gasteiger charge is 2.33. The molecule has 0 saturated heterocycles. The molecule has 2 atom stereocenters. The Morgan fingerprint density at radius 3 is 2.26 bits per heavy atom. The van der Waals surface area contributed by atoms with Crippen LogP contribution in [0.25, 0.3) is 11.1 Å². The van der Waals surface area contributed by atoms with Crippen LogP contribution in [0.4, 0.5) is 5.69 Å². The number of ether oxygens (including phenoxy) is 1. The molecule has 0 spiro atoms. The fourth-order valence-electron chi connectivity index (χ4n) is 6.10. The monoisotopic (exact) mass is 570 g/mol. The predicted octanol–water partition coefficient (Wildman–Crippen LogP) is 10.4. The Morgan fingerprint density at radius 2 is 1.58 bits per heavy atom. The van der Waals surface area contributed by atoms with Gasteiger partial charge in [-0.1, -0.05) is 99.1 Å². The van der Waals surface area contributed by atoms with Gasteiger partial charge in [0.1, 0.15) is 0 Å². The van der Waals surface area contributed by atoms with Crippen molar-refractivity contribution in [2.24, 2.45) is 5.92 Å². The Bertz CT molecular complexity index is 1540. The van der Waals surface area contributed by atoms with Crippen molar-refractivity contribution in [3.8, 4) is 17.2 Å². The van der Waals surface area contributed by atoms with Crippen molar-refractivity contribution in [3.63, 3.8) is 0 Å². The van der Waals surface area contributed by atoms with Crippen molar-refractivity contribution in [3.05, 3.63) is 137 Å². The van der Waals surface area contributed by atoms with Gasteiger partial charge in [-0.2, -0.15) is 5.26 Å². The maximum atomic E-state index is 9.34. The van der Waals surface area contributed by atoms with E-state index in [0.29, 0.717) is 12.5 Å². The zero-order valence-corrected chi connectivity index (χ0v) is 26.5. The van der Waals surface area contributed by atoms with E-state index in [4.69, 9.17) is 4.74 Å². The molecule has 0 aliphatic carbocycles. The Morgan fingerprint density at radius 1 is 0.860 bits per heavy atom. The van der Waals surface area contributed by atoms with Crippen LogP contribution in [0.15, 0.2) is 103 Å². The topological polar surface area (TPSA) is 45.0 Å². The summed E-state index contributed by atoms with van der Waals surface area (Å²) >= 11 is 0. The molecule has 4 aromatic rings. The van der Waals surface area contributed by atoms with Gasteiger partial charge < -0.3 is 10.1 Å². The Kier molecular flexibility index (Phi) is 11.0. The minimum atomic E-state index is -0.435. The van der Waals surface area contributed by atoms with Crippen LogP contribution in [-0.2, 0) is 16.8 Å². The predicted molar refractivity (Wildman–Crippen MR) is 181 cm³/mol.